The largest absolute Gasteiger partial charge is 0.443 e. The van der Waals surface area contributed by atoms with Crippen LogP contribution >= 0.6 is 0 Å². The summed E-state index contributed by atoms with van der Waals surface area (Å²) in [6, 6.07) is 13.7. The molecule has 0 bridgehead atoms. The van der Waals surface area contributed by atoms with Crippen molar-refractivity contribution in [2.45, 2.75) is 19.6 Å². The zero-order chi connectivity index (χ0) is 27.7. The van der Waals surface area contributed by atoms with Crippen LogP contribution in [0.15, 0.2) is 48.5 Å². The van der Waals surface area contributed by atoms with E-state index in [4.69, 9.17) is 15.2 Å². The number of rotatable bonds is 12. The minimum absolute atomic E-state index is 0.00593. The van der Waals surface area contributed by atoms with E-state index in [-0.39, 0.29) is 45.1 Å². The van der Waals surface area contributed by atoms with Gasteiger partial charge in [-0.05, 0) is 30.7 Å². The Morgan fingerprint density at radius 1 is 1.18 bits per heavy atom. The number of aliphatic hydroxyl groups is 1. The lowest BCUT2D eigenvalue weighted by Gasteiger charge is -2.34. The number of nitrogens with two attached hydrogens (primary N) is 1. The van der Waals surface area contributed by atoms with Crippen molar-refractivity contribution in [1.29, 1.82) is 0 Å². The number of halogens is 1. The zero-order valence-electron chi connectivity index (χ0n) is 21.6. The molecule has 0 saturated carbocycles. The summed E-state index contributed by atoms with van der Waals surface area (Å²) in [6.07, 6.45) is -1.03. The molecule has 0 aromatic heterocycles. The molecule has 3 N–H and O–H groups in total. The molecule has 2 aromatic rings. The van der Waals surface area contributed by atoms with E-state index in [1.807, 2.05) is 37.3 Å². The Morgan fingerprint density at radius 2 is 1.92 bits per heavy atom. The van der Waals surface area contributed by atoms with E-state index in [2.05, 4.69) is 0 Å². The van der Waals surface area contributed by atoms with Gasteiger partial charge in [0.05, 0.1) is 31.1 Å². The number of cyclic esters (lactones) is 1. The van der Waals surface area contributed by atoms with Gasteiger partial charge < -0.3 is 25.2 Å². The van der Waals surface area contributed by atoms with E-state index in [0.717, 1.165) is 15.6 Å². The molecule has 3 rings (SSSR count). The quantitative estimate of drug-likeness (QED) is 0.393. The van der Waals surface area contributed by atoms with Crippen molar-refractivity contribution in [3.05, 3.63) is 59.9 Å². The number of carbonyl (C=O) groups is 3. The number of aliphatic hydroxyl groups excluding tert-OH is 1. The summed E-state index contributed by atoms with van der Waals surface area (Å²) in [6.45, 7) is 1.97. The summed E-state index contributed by atoms with van der Waals surface area (Å²) in [5.41, 5.74) is 7.08. The van der Waals surface area contributed by atoms with Crippen LogP contribution in [0.2, 0.25) is 0 Å². The lowest BCUT2D eigenvalue weighted by atomic mass is 10.2. The zero-order valence-corrected chi connectivity index (χ0v) is 21.6. The maximum Gasteiger partial charge on any atom is 0.414 e. The fraction of sp³-hybridized carbons (Fsp3) is 0.423. The number of benzene rings is 2. The predicted molar refractivity (Wildman–Crippen MR) is 139 cm³/mol. The van der Waals surface area contributed by atoms with Crippen molar-refractivity contribution < 1.29 is 33.4 Å². The second-order valence-electron chi connectivity index (χ2n) is 8.64. The second-order valence-corrected chi connectivity index (χ2v) is 8.64. The number of amides is 3. The summed E-state index contributed by atoms with van der Waals surface area (Å²) in [5.74, 6) is -1.72. The first-order chi connectivity index (χ1) is 18.3. The van der Waals surface area contributed by atoms with Gasteiger partial charge in [-0.15, -0.1) is 0 Å². The van der Waals surface area contributed by atoms with Gasteiger partial charge in [0.25, 0.3) is 11.8 Å². The first-order valence-electron chi connectivity index (χ1n) is 12.3. The van der Waals surface area contributed by atoms with Crippen LogP contribution < -0.4 is 15.5 Å². The summed E-state index contributed by atoms with van der Waals surface area (Å²) in [4.78, 5) is 40.2. The van der Waals surface area contributed by atoms with Gasteiger partial charge in [0.1, 0.15) is 25.1 Å². The highest BCUT2D eigenvalue weighted by Gasteiger charge is 2.32. The number of hydrogen-bond acceptors (Lipinski definition) is 8. The van der Waals surface area contributed by atoms with Crippen LogP contribution in [-0.2, 0) is 25.7 Å². The summed E-state index contributed by atoms with van der Waals surface area (Å²) in [7, 11) is 1.41. The summed E-state index contributed by atoms with van der Waals surface area (Å²) >= 11 is 0. The summed E-state index contributed by atoms with van der Waals surface area (Å²) in [5, 5.41) is 11.7. The van der Waals surface area contributed by atoms with Gasteiger partial charge in [0.2, 0.25) is 0 Å². The standard InChI is InChI=1S/C26H34FN5O6/c1-3-30(23-10-9-20(13-22(23)27)31-15-21(14-28)38-26(31)36)11-12-32(24(34)16-33)29(2)25(35)18-37-17-19-7-5-4-6-8-19/h4-10,13,21,33H,3,11-12,14-18,28H2,1-2H3/t21-/m0/s1. The highest BCUT2D eigenvalue weighted by molar-refractivity contribution is 5.90. The van der Waals surface area contributed by atoms with Gasteiger partial charge in [0.15, 0.2) is 0 Å². The van der Waals surface area contributed by atoms with Gasteiger partial charge in [0, 0.05) is 26.7 Å². The van der Waals surface area contributed by atoms with Crippen molar-refractivity contribution in [1.82, 2.24) is 10.0 Å². The third-order valence-corrected chi connectivity index (χ3v) is 6.17. The fourth-order valence-corrected chi connectivity index (χ4v) is 4.02. The normalized spacial score (nSPS) is 14.8. The molecule has 0 radical (unpaired) electrons. The number of hydrazine groups is 1. The van der Waals surface area contributed by atoms with E-state index < -0.39 is 36.4 Å². The van der Waals surface area contributed by atoms with Crippen LogP contribution in [0.5, 0.6) is 0 Å². The number of hydrogen-bond donors (Lipinski definition) is 2. The van der Waals surface area contributed by atoms with Gasteiger partial charge in [-0.25, -0.2) is 14.2 Å². The molecule has 206 valence electrons. The van der Waals surface area contributed by atoms with Crippen molar-refractivity contribution in [3.8, 4) is 0 Å². The van der Waals surface area contributed by atoms with E-state index >= 15 is 4.39 Å². The first-order valence-corrected chi connectivity index (χ1v) is 12.3. The van der Waals surface area contributed by atoms with Crippen LogP contribution in [0.25, 0.3) is 0 Å². The van der Waals surface area contributed by atoms with Gasteiger partial charge in [-0.2, -0.15) is 0 Å². The molecule has 0 aliphatic carbocycles. The molecule has 0 unspecified atom stereocenters. The molecule has 1 fully saturated rings. The minimum atomic E-state index is -0.798. The molecule has 1 aliphatic rings. The van der Waals surface area contributed by atoms with Crippen LogP contribution in [0.4, 0.5) is 20.6 Å². The Bertz CT molecular complexity index is 1100. The maximum atomic E-state index is 15.1. The molecule has 0 spiro atoms. The molecule has 12 heteroatoms. The molecular weight excluding hydrogens is 497 g/mol. The average Bonchev–Trinajstić information content (AvgIpc) is 3.32. The molecule has 11 nitrogen and oxygen atoms in total. The monoisotopic (exact) mass is 531 g/mol. The fourth-order valence-electron chi connectivity index (χ4n) is 4.02. The molecule has 1 aliphatic heterocycles. The number of carbonyl (C=O) groups excluding carboxylic acids is 3. The predicted octanol–water partition coefficient (Wildman–Crippen LogP) is 1.35. The van der Waals surface area contributed by atoms with Gasteiger partial charge in [-0.3, -0.25) is 19.5 Å². The van der Waals surface area contributed by atoms with Gasteiger partial charge in [-0.1, -0.05) is 30.3 Å². The molecule has 1 heterocycles. The van der Waals surface area contributed by atoms with Crippen LogP contribution in [0.1, 0.15) is 12.5 Å². The highest BCUT2D eigenvalue weighted by Crippen LogP contribution is 2.28. The Balaban J connectivity index is 1.63. The topological polar surface area (TPSA) is 129 Å². The number of ether oxygens (including phenoxy) is 2. The first kappa shape index (κ1) is 28.8. The third-order valence-electron chi connectivity index (χ3n) is 6.17. The van der Waals surface area contributed by atoms with Crippen molar-refractivity contribution >= 4 is 29.3 Å². The van der Waals surface area contributed by atoms with E-state index in [0.29, 0.717) is 12.2 Å². The molecule has 38 heavy (non-hydrogen) atoms. The smallest absolute Gasteiger partial charge is 0.414 e. The van der Waals surface area contributed by atoms with Crippen molar-refractivity contribution in [2.24, 2.45) is 5.73 Å². The Labute approximate surface area is 221 Å². The molecule has 3 amide bonds. The van der Waals surface area contributed by atoms with Crippen molar-refractivity contribution in [2.75, 3.05) is 62.8 Å². The van der Waals surface area contributed by atoms with E-state index in [1.54, 1.807) is 17.0 Å². The number of anilines is 2. The molecule has 2 aromatic carbocycles. The van der Waals surface area contributed by atoms with E-state index in [9.17, 15) is 19.5 Å². The Morgan fingerprint density at radius 3 is 2.53 bits per heavy atom. The number of likely N-dealkylation sites (N-methyl/N-ethyl adjacent to an activating group) is 2. The second kappa shape index (κ2) is 13.7. The Hall–Kier alpha value is -3.74. The van der Waals surface area contributed by atoms with E-state index in [1.165, 1.54) is 18.0 Å². The Kier molecular flexibility index (Phi) is 10.4. The highest BCUT2D eigenvalue weighted by atomic mass is 19.1. The number of nitrogens with zero attached hydrogens (tertiary/aromatic N) is 4. The SMILES string of the molecule is CCN(CCN(C(=O)CO)N(C)C(=O)COCc1ccccc1)c1ccc(N2C[C@H](CN)OC2=O)cc1F. The third kappa shape index (κ3) is 7.18. The molecular formula is C26H34FN5O6. The minimum Gasteiger partial charge on any atom is -0.443 e. The maximum absolute atomic E-state index is 15.1. The summed E-state index contributed by atoms with van der Waals surface area (Å²) < 4.78 is 25.7. The van der Waals surface area contributed by atoms with Gasteiger partial charge >= 0.3 is 6.09 Å². The van der Waals surface area contributed by atoms with Crippen LogP contribution in [0.3, 0.4) is 0 Å². The van der Waals surface area contributed by atoms with Crippen LogP contribution in [0, 0.1) is 5.82 Å². The molecule has 1 atom stereocenters. The average molecular weight is 532 g/mol. The molecule has 1 saturated heterocycles. The lowest BCUT2D eigenvalue weighted by Crippen LogP contribution is -2.52. The van der Waals surface area contributed by atoms with Crippen LogP contribution in [-0.4, -0.2) is 92.1 Å². The van der Waals surface area contributed by atoms with Crippen molar-refractivity contribution in [3.63, 3.8) is 0 Å². The lowest BCUT2D eigenvalue weighted by molar-refractivity contribution is -0.165.